The zero-order valence-electron chi connectivity index (χ0n) is 9.57. The lowest BCUT2D eigenvalue weighted by Gasteiger charge is -2.08. The summed E-state index contributed by atoms with van der Waals surface area (Å²) in [4.78, 5) is 0. The lowest BCUT2D eigenvalue weighted by molar-refractivity contribution is 0.471. The lowest BCUT2D eigenvalue weighted by Crippen LogP contribution is -1.99. The SMILES string of the molecule is Cc1cc(NCc2ccc(Cl)cc2)ccc1O. The standard InChI is InChI=1S/C14H14ClNO/c1-10-8-13(6-7-14(10)17)16-9-11-2-4-12(15)5-3-11/h2-8,16-17H,9H2,1H3. The number of aryl methyl sites for hydroxylation is 1. The third-order valence-electron chi connectivity index (χ3n) is 2.61. The fourth-order valence-corrected chi connectivity index (χ4v) is 1.70. The van der Waals surface area contributed by atoms with E-state index in [1.165, 1.54) is 5.56 Å². The van der Waals surface area contributed by atoms with Gasteiger partial charge in [-0.3, -0.25) is 0 Å². The van der Waals surface area contributed by atoms with E-state index in [-0.39, 0.29) is 0 Å². The number of rotatable bonds is 3. The topological polar surface area (TPSA) is 32.3 Å². The van der Waals surface area contributed by atoms with Crippen LogP contribution in [0, 0.1) is 6.92 Å². The zero-order valence-corrected chi connectivity index (χ0v) is 10.3. The van der Waals surface area contributed by atoms with Gasteiger partial charge in [0.15, 0.2) is 0 Å². The number of benzene rings is 2. The van der Waals surface area contributed by atoms with Crippen LogP contribution in [0.1, 0.15) is 11.1 Å². The van der Waals surface area contributed by atoms with Gasteiger partial charge in [0.25, 0.3) is 0 Å². The molecular formula is C14H14ClNO. The molecule has 0 heterocycles. The fraction of sp³-hybridized carbons (Fsp3) is 0.143. The molecule has 2 aromatic carbocycles. The molecule has 2 rings (SSSR count). The number of hydrogen-bond donors (Lipinski definition) is 2. The summed E-state index contributed by atoms with van der Waals surface area (Å²) in [6.07, 6.45) is 0. The van der Waals surface area contributed by atoms with Crippen molar-refractivity contribution in [2.24, 2.45) is 0 Å². The van der Waals surface area contributed by atoms with E-state index in [0.29, 0.717) is 5.75 Å². The van der Waals surface area contributed by atoms with Crippen LogP contribution in [0.2, 0.25) is 5.02 Å². The molecule has 0 aliphatic carbocycles. The molecule has 0 aliphatic heterocycles. The third-order valence-corrected chi connectivity index (χ3v) is 2.86. The van der Waals surface area contributed by atoms with Crippen molar-refractivity contribution in [3.05, 3.63) is 58.6 Å². The van der Waals surface area contributed by atoms with Crippen LogP contribution in [0.3, 0.4) is 0 Å². The Hall–Kier alpha value is -1.67. The van der Waals surface area contributed by atoms with Gasteiger partial charge in [-0.05, 0) is 48.4 Å². The number of phenolic OH excluding ortho intramolecular Hbond substituents is 1. The predicted octanol–water partition coefficient (Wildman–Crippen LogP) is 3.97. The molecule has 0 saturated carbocycles. The molecule has 0 atom stereocenters. The molecule has 2 nitrogen and oxygen atoms in total. The molecule has 0 spiro atoms. The van der Waals surface area contributed by atoms with E-state index in [4.69, 9.17) is 11.6 Å². The first-order chi connectivity index (χ1) is 8.15. The maximum Gasteiger partial charge on any atom is 0.118 e. The Bertz CT molecular complexity index is 508. The summed E-state index contributed by atoms with van der Waals surface area (Å²) in [5.41, 5.74) is 3.03. The highest BCUT2D eigenvalue weighted by molar-refractivity contribution is 6.30. The highest BCUT2D eigenvalue weighted by Gasteiger charge is 1.98. The first-order valence-corrected chi connectivity index (χ1v) is 5.81. The maximum absolute atomic E-state index is 9.42. The average Bonchev–Trinajstić information content (AvgIpc) is 2.33. The summed E-state index contributed by atoms with van der Waals surface area (Å²) < 4.78 is 0. The molecule has 2 N–H and O–H groups in total. The number of anilines is 1. The van der Waals surface area contributed by atoms with Gasteiger partial charge in [0.1, 0.15) is 5.75 Å². The molecule has 88 valence electrons. The van der Waals surface area contributed by atoms with Crippen LogP contribution in [-0.2, 0) is 6.54 Å². The summed E-state index contributed by atoms with van der Waals surface area (Å²) in [5.74, 6) is 0.321. The minimum absolute atomic E-state index is 0.321. The fourth-order valence-electron chi connectivity index (χ4n) is 1.57. The van der Waals surface area contributed by atoms with Crippen molar-refractivity contribution in [1.82, 2.24) is 0 Å². The quantitative estimate of drug-likeness (QED) is 0.805. The molecule has 2 aromatic rings. The van der Waals surface area contributed by atoms with E-state index in [9.17, 15) is 5.11 Å². The van der Waals surface area contributed by atoms with Crippen LogP contribution in [0.25, 0.3) is 0 Å². The Morgan fingerprint density at radius 3 is 2.47 bits per heavy atom. The van der Waals surface area contributed by atoms with Crippen LogP contribution in [0.4, 0.5) is 5.69 Å². The van der Waals surface area contributed by atoms with E-state index in [0.717, 1.165) is 22.8 Å². The van der Waals surface area contributed by atoms with Crippen molar-refractivity contribution in [2.45, 2.75) is 13.5 Å². The van der Waals surface area contributed by atoms with Gasteiger partial charge in [-0.15, -0.1) is 0 Å². The van der Waals surface area contributed by atoms with Crippen molar-refractivity contribution in [2.75, 3.05) is 5.32 Å². The van der Waals surface area contributed by atoms with Gasteiger partial charge >= 0.3 is 0 Å². The van der Waals surface area contributed by atoms with Crippen LogP contribution in [0.5, 0.6) is 5.75 Å². The van der Waals surface area contributed by atoms with Crippen LogP contribution in [0.15, 0.2) is 42.5 Å². The Morgan fingerprint density at radius 2 is 1.82 bits per heavy atom. The lowest BCUT2D eigenvalue weighted by atomic mass is 10.2. The average molecular weight is 248 g/mol. The van der Waals surface area contributed by atoms with E-state index in [2.05, 4.69) is 5.32 Å². The van der Waals surface area contributed by atoms with E-state index in [1.807, 2.05) is 43.3 Å². The molecule has 0 unspecified atom stereocenters. The highest BCUT2D eigenvalue weighted by Crippen LogP contribution is 2.20. The molecule has 0 aromatic heterocycles. The highest BCUT2D eigenvalue weighted by atomic mass is 35.5. The van der Waals surface area contributed by atoms with Crippen LogP contribution >= 0.6 is 11.6 Å². The van der Waals surface area contributed by atoms with E-state index in [1.54, 1.807) is 6.07 Å². The number of phenols is 1. The molecule has 0 radical (unpaired) electrons. The smallest absolute Gasteiger partial charge is 0.118 e. The second-order valence-corrected chi connectivity index (χ2v) is 4.42. The second-order valence-electron chi connectivity index (χ2n) is 3.98. The molecule has 17 heavy (non-hydrogen) atoms. The van der Waals surface area contributed by atoms with Crippen LogP contribution < -0.4 is 5.32 Å². The molecule has 0 bridgehead atoms. The number of nitrogens with one attached hydrogen (secondary N) is 1. The largest absolute Gasteiger partial charge is 0.508 e. The van der Waals surface area contributed by atoms with Crippen LogP contribution in [-0.4, -0.2) is 5.11 Å². The normalized spacial score (nSPS) is 10.2. The first kappa shape index (κ1) is 11.8. The Labute approximate surface area is 106 Å². The molecule has 0 fully saturated rings. The minimum atomic E-state index is 0.321. The van der Waals surface area contributed by atoms with Crippen molar-refractivity contribution < 1.29 is 5.11 Å². The Balaban J connectivity index is 2.02. The van der Waals surface area contributed by atoms with Gasteiger partial charge in [0, 0.05) is 17.3 Å². The van der Waals surface area contributed by atoms with Gasteiger partial charge in [-0.2, -0.15) is 0 Å². The van der Waals surface area contributed by atoms with Crippen molar-refractivity contribution >= 4 is 17.3 Å². The number of hydrogen-bond acceptors (Lipinski definition) is 2. The summed E-state index contributed by atoms with van der Waals surface area (Å²) in [6, 6.07) is 13.2. The van der Waals surface area contributed by atoms with Gasteiger partial charge in [-0.1, -0.05) is 23.7 Å². The van der Waals surface area contributed by atoms with Crippen molar-refractivity contribution in [3.8, 4) is 5.75 Å². The predicted molar refractivity (Wildman–Crippen MR) is 71.6 cm³/mol. The van der Waals surface area contributed by atoms with Gasteiger partial charge in [0.05, 0.1) is 0 Å². The summed E-state index contributed by atoms with van der Waals surface area (Å²) in [6.45, 7) is 2.62. The Kier molecular flexibility index (Phi) is 3.55. The minimum Gasteiger partial charge on any atom is -0.508 e. The molecule has 0 aliphatic rings. The molecule has 0 saturated heterocycles. The molecular weight excluding hydrogens is 234 g/mol. The zero-order chi connectivity index (χ0) is 12.3. The van der Waals surface area contributed by atoms with E-state index < -0.39 is 0 Å². The van der Waals surface area contributed by atoms with Gasteiger partial charge < -0.3 is 10.4 Å². The monoisotopic (exact) mass is 247 g/mol. The van der Waals surface area contributed by atoms with Crippen molar-refractivity contribution in [1.29, 1.82) is 0 Å². The summed E-state index contributed by atoms with van der Waals surface area (Å²) in [7, 11) is 0. The summed E-state index contributed by atoms with van der Waals surface area (Å²) in [5, 5.41) is 13.5. The maximum atomic E-state index is 9.42. The van der Waals surface area contributed by atoms with Crippen molar-refractivity contribution in [3.63, 3.8) is 0 Å². The van der Waals surface area contributed by atoms with E-state index >= 15 is 0 Å². The van der Waals surface area contributed by atoms with Gasteiger partial charge in [-0.25, -0.2) is 0 Å². The molecule has 3 heteroatoms. The second kappa shape index (κ2) is 5.11. The Morgan fingerprint density at radius 1 is 1.12 bits per heavy atom. The summed E-state index contributed by atoms with van der Waals surface area (Å²) >= 11 is 5.82. The van der Waals surface area contributed by atoms with Gasteiger partial charge in [0.2, 0.25) is 0 Å². The number of aromatic hydroxyl groups is 1. The first-order valence-electron chi connectivity index (χ1n) is 5.43. The number of halogens is 1. The molecule has 0 amide bonds. The third kappa shape index (κ3) is 3.14.